The molecule has 102 valence electrons. The minimum Gasteiger partial charge on any atom is -0.237 e. The molecule has 0 saturated heterocycles. The SMILES string of the molecule is ClP1(CI)=NP(CI)(CI)=NP(CI)(CI)=N1. The highest BCUT2D eigenvalue weighted by atomic mass is 127. The number of alkyl halides is 5. The second-order valence-electron chi connectivity index (χ2n) is 3.27. The quantitative estimate of drug-likeness (QED) is 0.151. The summed E-state index contributed by atoms with van der Waals surface area (Å²) in [4.78, 5) is 0. The second-order valence-corrected chi connectivity index (χ2v) is 23.3. The van der Waals surface area contributed by atoms with Crippen LogP contribution in [0, 0.1) is 0 Å². The highest BCUT2D eigenvalue weighted by Gasteiger charge is 2.33. The number of hydrogen-bond donors (Lipinski definition) is 0. The molecule has 12 heteroatoms. The summed E-state index contributed by atoms with van der Waals surface area (Å²) in [6.07, 6.45) is 0. The molecule has 0 amide bonds. The van der Waals surface area contributed by atoms with E-state index in [1.54, 1.807) is 0 Å². The van der Waals surface area contributed by atoms with Gasteiger partial charge < -0.3 is 0 Å². The number of halogens is 6. The van der Waals surface area contributed by atoms with E-state index in [0.717, 1.165) is 20.8 Å². The highest BCUT2D eigenvalue weighted by Crippen LogP contribution is 2.81. The van der Waals surface area contributed by atoms with Gasteiger partial charge in [-0.15, -0.1) is 0 Å². The molecule has 0 fully saturated rings. The molecule has 0 bridgehead atoms. The Morgan fingerprint density at radius 3 is 1.41 bits per heavy atom. The van der Waals surface area contributed by atoms with Gasteiger partial charge in [-0.2, -0.15) is 0 Å². The van der Waals surface area contributed by atoms with Gasteiger partial charge in [-0.25, -0.2) is 13.5 Å². The van der Waals surface area contributed by atoms with E-state index in [0.29, 0.717) is 0 Å². The predicted molar refractivity (Wildman–Crippen MR) is 128 cm³/mol. The highest BCUT2D eigenvalue weighted by molar-refractivity contribution is 14.1. The predicted octanol–water partition coefficient (Wildman–Crippen LogP) is 8.46. The molecule has 3 nitrogen and oxygen atoms in total. The van der Waals surface area contributed by atoms with Crippen molar-refractivity contribution in [3.05, 3.63) is 0 Å². The minimum atomic E-state index is -1.96. The van der Waals surface area contributed by atoms with Gasteiger partial charge in [-0.1, -0.05) is 124 Å². The van der Waals surface area contributed by atoms with E-state index in [9.17, 15) is 0 Å². The fourth-order valence-corrected chi connectivity index (χ4v) is 34.2. The third kappa shape index (κ3) is 5.06. The second kappa shape index (κ2) is 8.47. The monoisotopic (exact) mass is 874 g/mol. The topological polar surface area (TPSA) is 37.1 Å². The molecular weight excluding hydrogens is 865 g/mol. The van der Waals surface area contributed by atoms with Gasteiger partial charge in [0.15, 0.2) is 6.56 Å². The summed E-state index contributed by atoms with van der Waals surface area (Å²) in [7, 11) is -3.13. The number of nitrogens with zero attached hydrogens (tertiary/aromatic N) is 3. The third-order valence-corrected chi connectivity index (χ3v) is 30.0. The van der Waals surface area contributed by atoms with Crippen LogP contribution in [0.2, 0.25) is 0 Å². The van der Waals surface area contributed by atoms with Crippen LogP contribution < -0.4 is 0 Å². The molecule has 0 radical (unpaired) electrons. The Morgan fingerprint density at radius 1 is 0.647 bits per heavy atom. The van der Waals surface area contributed by atoms with Gasteiger partial charge in [0.25, 0.3) is 0 Å². The summed E-state index contributed by atoms with van der Waals surface area (Å²) in [5, 5.41) is 0. The van der Waals surface area contributed by atoms with Crippen LogP contribution in [0.4, 0.5) is 0 Å². The maximum atomic E-state index is 6.70. The summed E-state index contributed by atoms with van der Waals surface area (Å²) in [5.41, 5.74) is 0. The largest absolute Gasteiger partial charge is 0.237 e. The molecule has 1 unspecified atom stereocenters. The first kappa shape index (κ1) is 19.7. The van der Waals surface area contributed by atoms with E-state index in [4.69, 9.17) is 24.8 Å². The van der Waals surface area contributed by atoms with Crippen molar-refractivity contribution in [2.24, 2.45) is 13.5 Å². The molecule has 17 heavy (non-hydrogen) atoms. The van der Waals surface area contributed by atoms with Crippen molar-refractivity contribution in [1.82, 2.24) is 0 Å². The van der Waals surface area contributed by atoms with Gasteiger partial charge in [-0.05, 0) is 0 Å². The Balaban J connectivity index is 3.57. The van der Waals surface area contributed by atoms with Crippen LogP contribution in [0.25, 0.3) is 0 Å². The van der Waals surface area contributed by atoms with Crippen LogP contribution in [0.15, 0.2) is 13.5 Å². The van der Waals surface area contributed by atoms with Crippen molar-refractivity contribution >= 4 is 145 Å². The lowest BCUT2D eigenvalue weighted by Gasteiger charge is -2.30. The molecule has 1 heterocycles. The zero-order chi connectivity index (χ0) is 13.2. The minimum absolute atomic E-state index is 0.853. The molecule has 0 saturated carbocycles. The maximum Gasteiger partial charge on any atom is 0.173 e. The van der Waals surface area contributed by atoms with E-state index in [1.807, 2.05) is 0 Å². The van der Waals surface area contributed by atoms with Crippen molar-refractivity contribution in [3.8, 4) is 0 Å². The fourth-order valence-electron chi connectivity index (χ4n) is 1.18. The van der Waals surface area contributed by atoms with E-state index in [-0.39, 0.29) is 0 Å². The molecule has 0 aromatic carbocycles. The summed E-state index contributed by atoms with van der Waals surface area (Å²) in [6, 6.07) is 0. The molecular formula is C5H10ClI5N3P3. The zero-order valence-electron chi connectivity index (χ0n) is 8.49. The van der Waals surface area contributed by atoms with Crippen LogP contribution in [0.5, 0.6) is 0 Å². The van der Waals surface area contributed by atoms with Gasteiger partial charge in [-0.3, -0.25) is 0 Å². The van der Waals surface area contributed by atoms with Gasteiger partial charge >= 0.3 is 0 Å². The van der Waals surface area contributed by atoms with E-state index >= 15 is 0 Å². The summed E-state index contributed by atoms with van der Waals surface area (Å²) < 4.78 is 20.0. The van der Waals surface area contributed by atoms with E-state index in [2.05, 4.69) is 113 Å². The Labute approximate surface area is 176 Å². The molecule has 0 spiro atoms. The summed E-state index contributed by atoms with van der Waals surface area (Å²) >= 11 is 18.7. The van der Waals surface area contributed by atoms with Gasteiger partial charge in [0.05, 0.1) is 20.8 Å². The zero-order valence-corrected chi connectivity index (χ0v) is 22.7. The first-order valence-corrected chi connectivity index (χ1v) is 18.8. The van der Waals surface area contributed by atoms with E-state index < -0.39 is 21.0 Å². The molecule has 0 aromatic heterocycles. The van der Waals surface area contributed by atoms with Gasteiger partial charge in [0, 0.05) is 0 Å². The smallest absolute Gasteiger partial charge is 0.173 e. The van der Waals surface area contributed by atoms with Crippen molar-refractivity contribution in [3.63, 3.8) is 0 Å². The molecule has 0 N–H and O–H groups in total. The summed E-state index contributed by atoms with van der Waals surface area (Å²) in [6.45, 7) is -1.96. The third-order valence-electron chi connectivity index (χ3n) is 1.86. The lowest BCUT2D eigenvalue weighted by Crippen LogP contribution is -1.91. The van der Waals surface area contributed by atoms with Crippen molar-refractivity contribution in [2.75, 3.05) is 20.8 Å². The van der Waals surface area contributed by atoms with Crippen molar-refractivity contribution in [2.45, 2.75) is 0 Å². The van der Waals surface area contributed by atoms with Crippen molar-refractivity contribution in [1.29, 1.82) is 0 Å². The Kier molecular flexibility index (Phi) is 9.81. The molecule has 0 aliphatic carbocycles. The first-order valence-electron chi connectivity index (χ1n) is 4.29. The molecule has 0 aromatic rings. The maximum absolute atomic E-state index is 6.70. The summed E-state index contributed by atoms with van der Waals surface area (Å²) in [5.74, 6) is 0. The van der Waals surface area contributed by atoms with E-state index in [1.165, 1.54) is 0 Å². The molecule has 1 atom stereocenters. The Bertz CT molecular complexity index is 425. The number of rotatable bonds is 5. The fraction of sp³-hybridized carbons (Fsp3) is 1.00. The molecule has 1 aliphatic rings. The lowest BCUT2D eigenvalue weighted by atomic mass is 11.9. The van der Waals surface area contributed by atoms with Crippen LogP contribution in [0.3, 0.4) is 0 Å². The Morgan fingerprint density at radius 2 is 1.06 bits per heavy atom. The van der Waals surface area contributed by atoms with Gasteiger partial charge in [0.2, 0.25) is 0 Å². The standard InChI is InChI=1S/C5H10ClI5N3P3/c6-17(5-11)13-15(1-7,2-8)12-16(3-9,4-10)14-17/h1-5H2. The van der Waals surface area contributed by atoms with Crippen LogP contribution in [-0.4, -0.2) is 20.8 Å². The average molecular weight is 875 g/mol. The molecule has 1 aliphatic heterocycles. The van der Waals surface area contributed by atoms with Crippen LogP contribution in [-0.2, 0) is 0 Å². The van der Waals surface area contributed by atoms with Crippen LogP contribution >= 0.6 is 145 Å². The van der Waals surface area contributed by atoms with Crippen LogP contribution in [0.1, 0.15) is 0 Å². The first-order chi connectivity index (χ1) is 7.92. The molecule has 1 rings (SSSR count). The van der Waals surface area contributed by atoms with Gasteiger partial charge in [0.1, 0.15) is 14.4 Å². The Hall–Kier alpha value is 4.63. The normalized spacial score (nSPS) is 30.0. The van der Waals surface area contributed by atoms with Crippen molar-refractivity contribution < 1.29 is 0 Å². The average Bonchev–Trinajstić information content (AvgIpc) is 2.37. The number of hydrogen-bond acceptors (Lipinski definition) is 3. The lowest BCUT2D eigenvalue weighted by molar-refractivity contribution is 1.62.